The van der Waals surface area contributed by atoms with Gasteiger partial charge in [0.2, 0.25) is 0 Å². The Morgan fingerprint density at radius 1 is 1.33 bits per heavy atom. The smallest absolute Gasteiger partial charge is 0.397 e. The fraction of sp³-hybridized carbons (Fsp3) is 0.222. The topological polar surface area (TPSA) is 69.6 Å². The third kappa shape index (κ3) is 2.55. The molecule has 0 bridgehead atoms. The SMILES string of the molecule is Cn1ncnc1Sc1cc(C(F)(F)F)ncc1N. The molecule has 0 saturated heterocycles. The van der Waals surface area contributed by atoms with Crippen molar-refractivity contribution < 1.29 is 13.2 Å². The molecule has 0 fully saturated rings. The Kier molecular flexibility index (Phi) is 3.16. The Morgan fingerprint density at radius 3 is 2.61 bits per heavy atom. The van der Waals surface area contributed by atoms with Gasteiger partial charge in [0, 0.05) is 11.9 Å². The number of alkyl halides is 3. The van der Waals surface area contributed by atoms with E-state index in [1.165, 1.54) is 11.0 Å². The highest BCUT2D eigenvalue weighted by Crippen LogP contribution is 2.35. The number of hydrogen-bond donors (Lipinski definition) is 1. The highest BCUT2D eigenvalue weighted by molar-refractivity contribution is 7.99. The van der Waals surface area contributed by atoms with Crippen molar-refractivity contribution in [2.75, 3.05) is 5.73 Å². The number of nitrogens with two attached hydrogens (primary N) is 1. The lowest BCUT2D eigenvalue weighted by molar-refractivity contribution is -0.141. The predicted molar refractivity (Wildman–Crippen MR) is 58.8 cm³/mol. The average Bonchev–Trinajstić information content (AvgIpc) is 2.66. The molecule has 0 aliphatic rings. The average molecular weight is 275 g/mol. The zero-order chi connectivity index (χ0) is 13.3. The second kappa shape index (κ2) is 4.48. The quantitative estimate of drug-likeness (QED) is 0.907. The van der Waals surface area contributed by atoms with Gasteiger partial charge in [-0.05, 0) is 17.8 Å². The molecule has 0 atom stereocenters. The van der Waals surface area contributed by atoms with E-state index in [4.69, 9.17) is 5.73 Å². The van der Waals surface area contributed by atoms with Crippen LogP contribution in [0, 0.1) is 0 Å². The van der Waals surface area contributed by atoms with Crippen LogP contribution in [0.5, 0.6) is 0 Å². The first-order valence-corrected chi connectivity index (χ1v) is 5.54. The van der Waals surface area contributed by atoms with Crippen LogP contribution in [0.25, 0.3) is 0 Å². The molecular formula is C9H8F3N5S. The maximum absolute atomic E-state index is 12.5. The van der Waals surface area contributed by atoms with Crippen molar-refractivity contribution >= 4 is 17.4 Å². The zero-order valence-electron chi connectivity index (χ0n) is 9.14. The summed E-state index contributed by atoms with van der Waals surface area (Å²) in [6.07, 6.45) is -2.20. The zero-order valence-corrected chi connectivity index (χ0v) is 9.96. The maximum atomic E-state index is 12.5. The standard InChI is InChI=1S/C9H8F3N5S/c1-17-8(15-4-16-17)18-6-2-7(9(10,11)12)14-3-5(6)13/h2-4H,13H2,1H3. The van der Waals surface area contributed by atoms with Gasteiger partial charge in [0.1, 0.15) is 12.0 Å². The van der Waals surface area contributed by atoms with E-state index < -0.39 is 11.9 Å². The summed E-state index contributed by atoms with van der Waals surface area (Å²) in [5.74, 6) is 0. The van der Waals surface area contributed by atoms with Gasteiger partial charge in [0.15, 0.2) is 5.16 Å². The van der Waals surface area contributed by atoms with Gasteiger partial charge < -0.3 is 5.73 Å². The van der Waals surface area contributed by atoms with Crippen LogP contribution < -0.4 is 5.73 Å². The van der Waals surface area contributed by atoms with Crippen molar-refractivity contribution in [3.05, 3.63) is 24.3 Å². The van der Waals surface area contributed by atoms with Crippen molar-refractivity contribution in [2.24, 2.45) is 7.05 Å². The van der Waals surface area contributed by atoms with Gasteiger partial charge in [-0.15, -0.1) is 0 Å². The number of hydrogen-bond acceptors (Lipinski definition) is 5. The molecule has 2 rings (SSSR count). The molecule has 0 spiro atoms. The number of halogens is 3. The van der Waals surface area contributed by atoms with Crippen LogP contribution in [0.1, 0.15) is 5.69 Å². The molecule has 0 aliphatic carbocycles. The molecule has 0 aromatic carbocycles. The van der Waals surface area contributed by atoms with E-state index in [1.54, 1.807) is 7.05 Å². The molecular weight excluding hydrogens is 267 g/mol. The van der Waals surface area contributed by atoms with Crippen LogP contribution in [-0.2, 0) is 13.2 Å². The molecule has 18 heavy (non-hydrogen) atoms. The van der Waals surface area contributed by atoms with Gasteiger partial charge in [-0.2, -0.15) is 18.3 Å². The predicted octanol–water partition coefficient (Wildman–Crippen LogP) is 1.96. The lowest BCUT2D eigenvalue weighted by Crippen LogP contribution is -2.08. The van der Waals surface area contributed by atoms with E-state index in [1.807, 2.05) is 0 Å². The normalized spacial score (nSPS) is 11.8. The third-order valence-corrected chi connectivity index (χ3v) is 3.18. The molecule has 9 heteroatoms. The highest BCUT2D eigenvalue weighted by Gasteiger charge is 2.33. The summed E-state index contributed by atoms with van der Waals surface area (Å²) in [6.45, 7) is 0. The largest absolute Gasteiger partial charge is 0.433 e. The first-order chi connectivity index (χ1) is 8.38. The molecule has 0 aliphatic heterocycles. The molecule has 2 aromatic rings. The van der Waals surface area contributed by atoms with Crippen LogP contribution in [0.15, 0.2) is 28.6 Å². The van der Waals surface area contributed by atoms with Crippen molar-refractivity contribution in [1.82, 2.24) is 19.7 Å². The number of aryl methyl sites for hydroxylation is 1. The number of pyridine rings is 1. The molecule has 2 aromatic heterocycles. The van der Waals surface area contributed by atoms with Crippen molar-refractivity contribution in [2.45, 2.75) is 16.2 Å². The van der Waals surface area contributed by atoms with E-state index >= 15 is 0 Å². The van der Waals surface area contributed by atoms with Crippen LogP contribution >= 0.6 is 11.8 Å². The number of anilines is 1. The van der Waals surface area contributed by atoms with Gasteiger partial charge in [0.05, 0.1) is 11.9 Å². The molecule has 0 saturated carbocycles. The van der Waals surface area contributed by atoms with Crippen molar-refractivity contribution in [3.8, 4) is 0 Å². The van der Waals surface area contributed by atoms with E-state index in [2.05, 4.69) is 15.1 Å². The Hall–Kier alpha value is -1.77. The van der Waals surface area contributed by atoms with E-state index in [0.29, 0.717) is 5.16 Å². The molecule has 5 nitrogen and oxygen atoms in total. The Bertz CT molecular complexity index is 566. The summed E-state index contributed by atoms with van der Waals surface area (Å²) in [4.78, 5) is 7.40. The number of rotatable bonds is 2. The minimum Gasteiger partial charge on any atom is -0.397 e. The van der Waals surface area contributed by atoms with E-state index in [0.717, 1.165) is 24.0 Å². The molecule has 0 amide bonds. The molecule has 2 heterocycles. The molecule has 2 N–H and O–H groups in total. The van der Waals surface area contributed by atoms with Crippen LogP contribution in [0.4, 0.5) is 18.9 Å². The summed E-state index contributed by atoms with van der Waals surface area (Å²) in [6, 6.07) is 0.898. The second-order valence-corrected chi connectivity index (χ2v) is 4.38. The summed E-state index contributed by atoms with van der Waals surface area (Å²) < 4.78 is 39.0. The Morgan fingerprint density at radius 2 is 2.06 bits per heavy atom. The van der Waals surface area contributed by atoms with Crippen LogP contribution in [-0.4, -0.2) is 19.7 Å². The van der Waals surface area contributed by atoms with Crippen LogP contribution in [0.2, 0.25) is 0 Å². The Labute approximate surface area is 104 Å². The minimum absolute atomic E-state index is 0.163. The molecule has 0 radical (unpaired) electrons. The van der Waals surface area contributed by atoms with E-state index in [-0.39, 0.29) is 10.6 Å². The first-order valence-electron chi connectivity index (χ1n) is 4.72. The monoisotopic (exact) mass is 275 g/mol. The number of nitrogens with zero attached hydrogens (tertiary/aromatic N) is 4. The maximum Gasteiger partial charge on any atom is 0.433 e. The van der Waals surface area contributed by atoms with E-state index in [9.17, 15) is 13.2 Å². The van der Waals surface area contributed by atoms with Crippen LogP contribution in [0.3, 0.4) is 0 Å². The second-order valence-electron chi connectivity index (χ2n) is 3.37. The van der Waals surface area contributed by atoms with Gasteiger partial charge in [-0.25, -0.2) is 14.6 Å². The number of aromatic nitrogens is 4. The summed E-state index contributed by atoms with van der Waals surface area (Å²) in [5, 5.41) is 4.27. The van der Waals surface area contributed by atoms with Gasteiger partial charge >= 0.3 is 6.18 Å². The Balaban J connectivity index is 2.36. The number of nitrogen functional groups attached to an aromatic ring is 1. The molecule has 96 valence electrons. The fourth-order valence-corrected chi connectivity index (χ4v) is 1.98. The van der Waals surface area contributed by atoms with Gasteiger partial charge in [0.25, 0.3) is 0 Å². The fourth-order valence-electron chi connectivity index (χ4n) is 1.17. The minimum atomic E-state index is -4.50. The summed E-state index contributed by atoms with van der Waals surface area (Å²) in [5.41, 5.74) is 4.77. The van der Waals surface area contributed by atoms with Crippen molar-refractivity contribution in [3.63, 3.8) is 0 Å². The lowest BCUT2D eigenvalue weighted by atomic mass is 10.3. The highest BCUT2D eigenvalue weighted by atomic mass is 32.2. The first kappa shape index (κ1) is 12.7. The van der Waals surface area contributed by atoms with Gasteiger partial charge in [-0.3, -0.25) is 0 Å². The summed E-state index contributed by atoms with van der Waals surface area (Å²) >= 11 is 1.00. The lowest BCUT2D eigenvalue weighted by Gasteiger charge is -2.09. The van der Waals surface area contributed by atoms with Gasteiger partial charge in [-0.1, -0.05) is 0 Å². The van der Waals surface area contributed by atoms with Crippen molar-refractivity contribution in [1.29, 1.82) is 0 Å². The third-order valence-electron chi connectivity index (χ3n) is 2.06. The molecule has 0 unspecified atom stereocenters. The summed E-state index contributed by atoms with van der Waals surface area (Å²) in [7, 11) is 1.64.